The number of carbonyl (C=O) groups is 2. The average molecular weight is 204 g/mol. The zero-order chi connectivity index (χ0) is 11.0. The van der Waals surface area contributed by atoms with E-state index in [9.17, 15) is 14.7 Å². The minimum atomic E-state index is -0.581. The molecule has 0 aliphatic heterocycles. The Kier molecular flexibility index (Phi) is 2.04. The van der Waals surface area contributed by atoms with E-state index in [4.69, 9.17) is 4.74 Å². The molecule has 1 aromatic carbocycles. The second-order valence-electron chi connectivity index (χ2n) is 3.11. The maximum Gasteiger partial charge on any atom is 0.231 e. The van der Waals surface area contributed by atoms with Crippen molar-refractivity contribution in [2.45, 2.75) is 0 Å². The number of methoxy groups -OCH3 is 1. The highest BCUT2D eigenvalue weighted by atomic mass is 16.5. The van der Waals surface area contributed by atoms with Gasteiger partial charge in [-0.15, -0.1) is 0 Å². The number of aliphatic hydroxyl groups excluding tert-OH is 1. The average Bonchev–Trinajstić information content (AvgIpc) is 2.25. The van der Waals surface area contributed by atoms with Crippen molar-refractivity contribution in [2.24, 2.45) is 0 Å². The summed E-state index contributed by atoms with van der Waals surface area (Å²) in [7, 11) is 1.41. The third-order valence-electron chi connectivity index (χ3n) is 2.24. The first kappa shape index (κ1) is 9.45. The van der Waals surface area contributed by atoms with Gasteiger partial charge in [0.25, 0.3) is 0 Å². The smallest absolute Gasteiger partial charge is 0.231 e. The molecule has 0 fully saturated rings. The molecular weight excluding hydrogens is 196 g/mol. The lowest BCUT2D eigenvalue weighted by atomic mass is 9.93. The van der Waals surface area contributed by atoms with E-state index in [0.29, 0.717) is 5.75 Å². The molecule has 0 spiro atoms. The standard InChI is InChI=1S/C11H8O4/c1-15-9-4-2-3-6-7(12)5-8(13)11(14)10(6)9/h2-5,13H,1H3. The van der Waals surface area contributed by atoms with E-state index >= 15 is 0 Å². The molecule has 1 aliphatic carbocycles. The number of fused-ring (bicyclic) bond motifs is 1. The van der Waals surface area contributed by atoms with E-state index in [1.54, 1.807) is 12.1 Å². The lowest BCUT2D eigenvalue weighted by Crippen LogP contribution is -2.17. The van der Waals surface area contributed by atoms with E-state index in [2.05, 4.69) is 0 Å². The number of ether oxygens (including phenoxy) is 1. The van der Waals surface area contributed by atoms with Crippen LogP contribution in [0.25, 0.3) is 0 Å². The second-order valence-corrected chi connectivity index (χ2v) is 3.11. The molecule has 0 saturated carbocycles. The predicted molar refractivity (Wildman–Crippen MR) is 52.4 cm³/mol. The van der Waals surface area contributed by atoms with Gasteiger partial charge in [0.05, 0.1) is 12.7 Å². The molecule has 0 atom stereocenters. The number of hydrogen-bond acceptors (Lipinski definition) is 4. The third kappa shape index (κ3) is 1.30. The number of rotatable bonds is 1. The zero-order valence-corrected chi connectivity index (χ0v) is 7.98. The fourth-order valence-corrected chi connectivity index (χ4v) is 1.54. The first-order chi connectivity index (χ1) is 7.15. The summed E-state index contributed by atoms with van der Waals surface area (Å²) in [6.45, 7) is 0. The lowest BCUT2D eigenvalue weighted by molar-refractivity contribution is 0.0936. The van der Waals surface area contributed by atoms with Crippen molar-refractivity contribution in [1.29, 1.82) is 0 Å². The number of hydrogen-bond donors (Lipinski definition) is 1. The highest BCUT2D eigenvalue weighted by molar-refractivity contribution is 6.24. The molecule has 4 nitrogen and oxygen atoms in total. The number of ketones is 2. The predicted octanol–water partition coefficient (Wildman–Crippen LogP) is 1.52. The maximum atomic E-state index is 11.6. The first-order valence-electron chi connectivity index (χ1n) is 4.32. The third-order valence-corrected chi connectivity index (χ3v) is 2.24. The summed E-state index contributed by atoms with van der Waals surface area (Å²) in [6.07, 6.45) is 0.921. The van der Waals surface area contributed by atoms with Gasteiger partial charge in [-0.05, 0) is 6.07 Å². The van der Waals surface area contributed by atoms with Gasteiger partial charge in [-0.25, -0.2) is 0 Å². The zero-order valence-electron chi connectivity index (χ0n) is 7.98. The maximum absolute atomic E-state index is 11.6. The summed E-state index contributed by atoms with van der Waals surface area (Å²) in [5.41, 5.74) is 0.391. The summed E-state index contributed by atoms with van der Waals surface area (Å²) in [4.78, 5) is 23.1. The van der Waals surface area contributed by atoms with E-state index in [1.165, 1.54) is 13.2 Å². The summed E-state index contributed by atoms with van der Waals surface area (Å²) in [6, 6.07) is 4.72. The molecule has 0 aromatic heterocycles. The van der Waals surface area contributed by atoms with Crippen LogP contribution in [-0.4, -0.2) is 23.8 Å². The topological polar surface area (TPSA) is 63.6 Å². The fourth-order valence-electron chi connectivity index (χ4n) is 1.54. The monoisotopic (exact) mass is 204 g/mol. The Labute approximate surface area is 85.8 Å². The van der Waals surface area contributed by atoms with Crippen LogP contribution in [0.2, 0.25) is 0 Å². The van der Waals surface area contributed by atoms with Crippen molar-refractivity contribution in [3.8, 4) is 5.75 Å². The Morgan fingerprint density at radius 2 is 2.00 bits per heavy atom. The van der Waals surface area contributed by atoms with Gasteiger partial charge >= 0.3 is 0 Å². The van der Waals surface area contributed by atoms with Crippen molar-refractivity contribution in [3.05, 3.63) is 41.2 Å². The van der Waals surface area contributed by atoms with Crippen LogP contribution in [0.15, 0.2) is 30.0 Å². The molecule has 0 amide bonds. The van der Waals surface area contributed by atoms with Gasteiger partial charge in [-0.2, -0.15) is 0 Å². The molecule has 15 heavy (non-hydrogen) atoms. The van der Waals surface area contributed by atoms with Crippen molar-refractivity contribution in [2.75, 3.05) is 7.11 Å². The normalized spacial score (nSPS) is 14.6. The molecule has 0 saturated heterocycles. The van der Waals surface area contributed by atoms with Gasteiger partial charge in [0, 0.05) is 11.6 Å². The fraction of sp³-hybridized carbons (Fsp3) is 0.0909. The van der Waals surface area contributed by atoms with Crippen LogP contribution in [-0.2, 0) is 0 Å². The Balaban J connectivity index is 2.72. The van der Waals surface area contributed by atoms with E-state index < -0.39 is 11.5 Å². The van der Waals surface area contributed by atoms with Gasteiger partial charge in [0.1, 0.15) is 5.75 Å². The summed E-state index contributed by atoms with van der Waals surface area (Å²) in [5, 5.41) is 9.25. The summed E-state index contributed by atoms with van der Waals surface area (Å²) < 4.78 is 4.97. The molecule has 0 bridgehead atoms. The Hall–Kier alpha value is -2.10. The summed E-state index contributed by atoms with van der Waals surface area (Å²) in [5.74, 6) is -1.22. The number of aliphatic hydroxyl groups is 1. The quantitative estimate of drug-likeness (QED) is 0.753. The molecule has 76 valence electrons. The number of benzene rings is 1. The minimum absolute atomic E-state index is 0.130. The Morgan fingerprint density at radius 1 is 1.27 bits per heavy atom. The summed E-state index contributed by atoms with van der Waals surface area (Å²) >= 11 is 0. The van der Waals surface area contributed by atoms with Gasteiger partial charge in [0.2, 0.25) is 5.78 Å². The molecule has 1 aliphatic rings. The van der Waals surface area contributed by atoms with E-state index in [0.717, 1.165) is 6.08 Å². The number of allylic oxidation sites excluding steroid dienone is 2. The Morgan fingerprint density at radius 3 is 2.67 bits per heavy atom. The molecule has 0 radical (unpaired) electrons. The van der Waals surface area contributed by atoms with Gasteiger partial charge in [-0.1, -0.05) is 12.1 Å². The molecule has 1 N–H and O–H groups in total. The largest absolute Gasteiger partial charge is 0.504 e. The molecule has 0 heterocycles. The highest BCUT2D eigenvalue weighted by Crippen LogP contribution is 2.28. The van der Waals surface area contributed by atoms with Crippen molar-refractivity contribution in [3.63, 3.8) is 0 Å². The second kappa shape index (κ2) is 3.24. The molecule has 2 rings (SSSR count). The van der Waals surface area contributed by atoms with Gasteiger partial charge < -0.3 is 9.84 Å². The number of Topliss-reactive ketones (excluding diaryl/α,β-unsaturated/α-hetero) is 1. The van der Waals surface area contributed by atoms with E-state index in [1.807, 2.05) is 0 Å². The van der Waals surface area contributed by atoms with Crippen LogP contribution in [0, 0.1) is 0 Å². The lowest BCUT2D eigenvalue weighted by Gasteiger charge is -2.14. The van der Waals surface area contributed by atoms with Crippen molar-refractivity contribution >= 4 is 11.6 Å². The SMILES string of the molecule is COc1cccc2c1C(=O)C(O)=CC2=O. The van der Waals surface area contributed by atoms with Crippen LogP contribution < -0.4 is 4.74 Å². The minimum Gasteiger partial charge on any atom is -0.504 e. The molecule has 0 unspecified atom stereocenters. The van der Waals surface area contributed by atoms with Gasteiger partial charge in [0.15, 0.2) is 11.5 Å². The van der Waals surface area contributed by atoms with Gasteiger partial charge in [-0.3, -0.25) is 9.59 Å². The highest BCUT2D eigenvalue weighted by Gasteiger charge is 2.28. The van der Waals surface area contributed by atoms with Crippen LogP contribution >= 0.6 is 0 Å². The van der Waals surface area contributed by atoms with Crippen molar-refractivity contribution in [1.82, 2.24) is 0 Å². The van der Waals surface area contributed by atoms with Crippen LogP contribution in [0.1, 0.15) is 20.7 Å². The first-order valence-corrected chi connectivity index (χ1v) is 4.32. The number of carbonyl (C=O) groups excluding carboxylic acids is 2. The molecule has 1 aromatic rings. The van der Waals surface area contributed by atoms with Crippen LogP contribution in [0.5, 0.6) is 5.75 Å². The van der Waals surface area contributed by atoms with Crippen LogP contribution in [0.3, 0.4) is 0 Å². The Bertz CT molecular complexity index is 485. The molecule has 4 heteroatoms. The van der Waals surface area contributed by atoms with E-state index in [-0.39, 0.29) is 16.9 Å². The molecular formula is C11H8O4. The van der Waals surface area contributed by atoms with Crippen molar-refractivity contribution < 1.29 is 19.4 Å². The van der Waals surface area contributed by atoms with Crippen LogP contribution in [0.4, 0.5) is 0 Å².